The number of guanidine groups is 1. The highest BCUT2D eigenvalue weighted by atomic mass is 32.2. The maximum Gasteiger partial charge on any atom is 0.191 e. The van der Waals surface area contributed by atoms with Gasteiger partial charge in [-0.15, -0.1) is 0 Å². The molecule has 0 saturated carbocycles. The zero-order chi connectivity index (χ0) is 19.8. The molecule has 3 rings (SSSR count). The van der Waals surface area contributed by atoms with Crippen LogP contribution in [0.2, 0.25) is 0 Å². The van der Waals surface area contributed by atoms with Gasteiger partial charge in [-0.25, -0.2) is 4.99 Å². The highest BCUT2D eigenvalue weighted by Crippen LogP contribution is 2.22. The normalized spacial score (nSPS) is 17.2. The summed E-state index contributed by atoms with van der Waals surface area (Å²) >= 11 is 3.62. The van der Waals surface area contributed by atoms with E-state index in [0.29, 0.717) is 13.1 Å². The van der Waals surface area contributed by atoms with Crippen molar-refractivity contribution in [2.45, 2.75) is 26.0 Å². The van der Waals surface area contributed by atoms with E-state index in [1.54, 1.807) is 11.3 Å². The molecule has 0 bridgehead atoms. The van der Waals surface area contributed by atoms with Gasteiger partial charge in [0.2, 0.25) is 0 Å². The molecule has 1 aromatic carbocycles. The summed E-state index contributed by atoms with van der Waals surface area (Å²) in [6, 6.07) is 10.7. The maximum absolute atomic E-state index is 10.7. The second kappa shape index (κ2) is 10.2. The summed E-state index contributed by atoms with van der Waals surface area (Å²) < 4.78 is 0. The van der Waals surface area contributed by atoms with Crippen molar-refractivity contribution in [2.24, 2.45) is 4.99 Å². The average molecular weight is 419 g/mol. The number of aliphatic hydroxyl groups is 1. The monoisotopic (exact) mass is 418 g/mol. The molecule has 2 heterocycles. The van der Waals surface area contributed by atoms with Crippen LogP contribution in [-0.4, -0.2) is 48.8 Å². The summed E-state index contributed by atoms with van der Waals surface area (Å²) in [7, 11) is 0. The zero-order valence-corrected chi connectivity index (χ0v) is 18.3. The Balaban J connectivity index is 1.57. The Morgan fingerprint density at radius 3 is 2.57 bits per heavy atom. The summed E-state index contributed by atoms with van der Waals surface area (Å²) in [5.74, 6) is 3.13. The number of aliphatic imine (C=N–C) groups is 1. The average Bonchev–Trinajstić information content (AvgIpc) is 3.27. The van der Waals surface area contributed by atoms with Gasteiger partial charge in [0.25, 0.3) is 0 Å². The predicted octanol–water partition coefficient (Wildman–Crippen LogP) is 3.26. The SMILES string of the molecule is CCNC(=NCc1ccc(N2CCSCC2)cc1)NCC(C)(O)c1ccsc1. The van der Waals surface area contributed by atoms with E-state index < -0.39 is 5.60 Å². The first-order valence-electron chi connectivity index (χ1n) is 9.77. The van der Waals surface area contributed by atoms with Gasteiger partial charge in [0, 0.05) is 36.8 Å². The molecule has 0 radical (unpaired) electrons. The Labute approximate surface area is 176 Å². The largest absolute Gasteiger partial charge is 0.384 e. The summed E-state index contributed by atoms with van der Waals surface area (Å²) in [6.45, 7) is 7.90. The number of anilines is 1. The molecule has 3 N–H and O–H groups in total. The highest BCUT2D eigenvalue weighted by Gasteiger charge is 2.23. The van der Waals surface area contributed by atoms with Crippen LogP contribution in [0, 0.1) is 0 Å². The van der Waals surface area contributed by atoms with Crippen molar-refractivity contribution in [2.75, 3.05) is 42.6 Å². The van der Waals surface area contributed by atoms with E-state index in [2.05, 4.69) is 44.8 Å². The lowest BCUT2D eigenvalue weighted by Gasteiger charge is -2.28. The molecule has 1 aliphatic heterocycles. The minimum Gasteiger partial charge on any atom is -0.384 e. The molecular weight excluding hydrogens is 388 g/mol. The molecule has 5 nitrogen and oxygen atoms in total. The Kier molecular flexibility index (Phi) is 7.65. The number of hydrogen-bond donors (Lipinski definition) is 3. The minimum atomic E-state index is -0.926. The van der Waals surface area contributed by atoms with Gasteiger partial charge in [0.15, 0.2) is 5.96 Å². The van der Waals surface area contributed by atoms with Crippen LogP contribution in [0.3, 0.4) is 0 Å². The number of rotatable bonds is 7. The lowest BCUT2D eigenvalue weighted by molar-refractivity contribution is 0.0621. The van der Waals surface area contributed by atoms with Crippen LogP contribution in [0.4, 0.5) is 5.69 Å². The minimum absolute atomic E-state index is 0.404. The van der Waals surface area contributed by atoms with E-state index in [4.69, 9.17) is 0 Å². The van der Waals surface area contributed by atoms with E-state index in [0.717, 1.165) is 31.2 Å². The molecule has 152 valence electrons. The second-order valence-electron chi connectivity index (χ2n) is 7.10. The van der Waals surface area contributed by atoms with E-state index in [1.807, 2.05) is 42.4 Å². The third-order valence-corrected chi connectivity index (χ3v) is 6.45. The molecule has 0 amide bonds. The van der Waals surface area contributed by atoms with Gasteiger partial charge < -0.3 is 20.6 Å². The first-order chi connectivity index (χ1) is 13.6. The number of nitrogens with one attached hydrogen (secondary N) is 2. The van der Waals surface area contributed by atoms with Crippen LogP contribution >= 0.6 is 23.1 Å². The molecule has 1 aromatic heterocycles. The van der Waals surface area contributed by atoms with Gasteiger partial charge in [0.05, 0.1) is 13.1 Å². The van der Waals surface area contributed by atoms with Crippen LogP contribution in [-0.2, 0) is 12.1 Å². The Hall–Kier alpha value is -1.70. The van der Waals surface area contributed by atoms with Crippen LogP contribution in [0.25, 0.3) is 0 Å². The van der Waals surface area contributed by atoms with Crippen LogP contribution < -0.4 is 15.5 Å². The molecule has 1 unspecified atom stereocenters. The van der Waals surface area contributed by atoms with Crippen molar-refractivity contribution in [3.05, 3.63) is 52.2 Å². The smallest absolute Gasteiger partial charge is 0.191 e. The molecule has 28 heavy (non-hydrogen) atoms. The van der Waals surface area contributed by atoms with Crippen LogP contribution in [0.5, 0.6) is 0 Å². The molecule has 7 heteroatoms. The molecule has 1 fully saturated rings. The van der Waals surface area contributed by atoms with Crippen molar-refractivity contribution in [3.63, 3.8) is 0 Å². The molecule has 1 saturated heterocycles. The zero-order valence-electron chi connectivity index (χ0n) is 16.6. The summed E-state index contributed by atoms with van der Waals surface area (Å²) in [4.78, 5) is 7.13. The van der Waals surface area contributed by atoms with E-state index in [9.17, 15) is 5.11 Å². The topological polar surface area (TPSA) is 59.9 Å². The van der Waals surface area contributed by atoms with Gasteiger partial charge in [0.1, 0.15) is 5.60 Å². The van der Waals surface area contributed by atoms with Crippen molar-refractivity contribution in [3.8, 4) is 0 Å². The van der Waals surface area contributed by atoms with Gasteiger partial charge >= 0.3 is 0 Å². The quantitative estimate of drug-likeness (QED) is 0.476. The molecule has 1 atom stereocenters. The van der Waals surface area contributed by atoms with Gasteiger partial charge in [-0.3, -0.25) is 0 Å². The lowest BCUT2D eigenvalue weighted by Crippen LogP contribution is -2.44. The van der Waals surface area contributed by atoms with E-state index in [1.165, 1.54) is 22.8 Å². The number of thiophene rings is 1. The van der Waals surface area contributed by atoms with Gasteiger partial charge in [-0.05, 0) is 53.9 Å². The Bertz CT molecular complexity index is 738. The number of benzene rings is 1. The van der Waals surface area contributed by atoms with Crippen LogP contribution in [0.1, 0.15) is 25.0 Å². The number of thioether (sulfide) groups is 1. The lowest BCUT2D eigenvalue weighted by atomic mass is 9.99. The maximum atomic E-state index is 10.7. The Morgan fingerprint density at radius 1 is 1.18 bits per heavy atom. The summed E-state index contributed by atoms with van der Waals surface area (Å²) in [5.41, 5.74) is 2.47. The molecule has 2 aromatic rings. The van der Waals surface area contributed by atoms with Crippen molar-refractivity contribution < 1.29 is 5.11 Å². The Morgan fingerprint density at radius 2 is 1.93 bits per heavy atom. The van der Waals surface area contributed by atoms with Gasteiger partial charge in [-0.1, -0.05) is 12.1 Å². The number of hydrogen-bond acceptors (Lipinski definition) is 5. The predicted molar refractivity (Wildman–Crippen MR) is 123 cm³/mol. The molecule has 0 aliphatic carbocycles. The highest BCUT2D eigenvalue weighted by molar-refractivity contribution is 7.99. The first kappa shape index (κ1) is 21.0. The van der Waals surface area contributed by atoms with Crippen LogP contribution in [0.15, 0.2) is 46.1 Å². The molecular formula is C21H30N4OS2. The summed E-state index contributed by atoms with van der Waals surface area (Å²) in [5, 5.41) is 21.2. The van der Waals surface area contributed by atoms with Gasteiger partial charge in [-0.2, -0.15) is 23.1 Å². The molecule has 1 aliphatic rings. The second-order valence-corrected chi connectivity index (χ2v) is 9.11. The number of nitrogens with zero attached hydrogens (tertiary/aromatic N) is 2. The van der Waals surface area contributed by atoms with Crippen molar-refractivity contribution in [1.29, 1.82) is 0 Å². The fraction of sp³-hybridized carbons (Fsp3) is 0.476. The third-order valence-electron chi connectivity index (χ3n) is 4.82. The van der Waals surface area contributed by atoms with Crippen molar-refractivity contribution >= 4 is 34.7 Å². The summed E-state index contributed by atoms with van der Waals surface area (Å²) in [6.07, 6.45) is 0. The first-order valence-corrected chi connectivity index (χ1v) is 11.9. The van der Waals surface area contributed by atoms with E-state index in [-0.39, 0.29) is 0 Å². The molecule has 0 spiro atoms. The third kappa shape index (κ3) is 5.90. The standard InChI is InChI=1S/C21H30N4OS2/c1-3-22-20(24-16-21(2,26)18-8-11-28-15-18)23-14-17-4-6-19(7-5-17)25-9-12-27-13-10-25/h4-8,11,15,26H,3,9-10,12-14,16H2,1-2H3,(H2,22,23,24). The van der Waals surface area contributed by atoms with Crippen molar-refractivity contribution in [1.82, 2.24) is 10.6 Å². The fourth-order valence-corrected chi connectivity index (χ4v) is 4.76. The fourth-order valence-electron chi connectivity index (χ4n) is 3.07. The van der Waals surface area contributed by atoms with E-state index >= 15 is 0 Å².